The number of carbonyl (C=O) groups excluding carboxylic acids is 2. The van der Waals surface area contributed by atoms with Crippen molar-refractivity contribution in [3.8, 4) is 0 Å². The number of carbonyl (C=O) groups is 2. The Morgan fingerprint density at radius 1 is 1.18 bits per heavy atom. The smallest absolute Gasteiger partial charge is 0.232 e. The van der Waals surface area contributed by atoms with Crippen LogP contribution in [0.4, 0.5) is 11.4 Å². The molecule has 1 unspecified atom stereocenters. The van der Waals surface area contributed by atoms with E-state index in [4.69, 9.17) is 5.73 Å². The van der Waals surface area contributed by atoms with Crippen LogP contribution in [0.3, 0.4) is 0 Å². The number of nitrogens with zero attached hydrogens (tertiary/aromatic N) is 2. The summed E-state index contributed by atoms with van der Waals surface area (Å²) in [6, 6.07) is 13.9. The monoisotopic (exact) mass is 399 g/mol. The lowest BCUT2D eigenvalue weighted by Crippen LogP contribution is -2.40. The molecule has 0 saturated carbocycles. The third kappa shape index (κ3) is 3.85. The lowest BCUT2D eigenvalue weighted by atomic mass is 9.97. The lowest BCUT2D eigenvalue weighted by Gasteiger charge is -2.32. The van der Waals surface area contributed by atoms with Crippen LogP contribution in [-0.2, 0) is 22.6 Å². The minimum absolute atomic E-state index is 0. The highest BCUT2D eigenvalue weighted by Gasteiger charge is 2.38. The molecule has 1 saturated heterocycles. The van der Waals surface area contributed by atoms with Crippen LogP contribution in [0, 0.1) is 12.8 Å². The van der Waals surface area contributed by atoms with Crippen LogP contribution in [0.5, 0.6) is 0 Å². The van der Waals surface area contributed by atoms with E-state index >= 15 is 0 Å². The van der Waals surface area contributed by atoms with Gasteiger partial charge in [0.1, 0.15) is 0 Å². The lowest BCUT2D eigenvalue weighted by molar-refractivity contribution is -0.128. The minimum atomic E-state index is -0.282. The molecule has 2 aromatic rings. The molecule has 1 fully saturated rings. The predicted octanol–water partition coefficient (Wildman–Crippen LogP) is 3.33. The van der Waals surface area contributed by atoms with Crippen LogP contribution < -0.4 is 10.6 Å². The summed E-state index contributed by atoms with van der Waals surface area (Å²) < 4.78 is 0. The summed E-state index contributed by atoms with van der Waals surface area (Å²) in [5, 5.41) is 0. The SMILES string of the molecule is Cc1ccc(CN2CC(C(=O)N3CCCc4c(N)cccc43)CC2=O)cc1.Cl. The first-order valence-electron chi connectivity index (χ1n) is 9.55. The van der Waals surface area contributed by atoms with Gasteiger partial charge in [-0.25, -0.2) is 0 Å². The number of nitrogens with two attached hydrogens (primary N) is 1. The van der Waals surface area contributed by atoms with E-state index in [0.717, 1.165) is 35.3 Å². The van der Waals surface area contributed by atoms with Crippen molar-refractivity contribution in [1.29, 1.82) is 0 Å². The third-order valence-corrected chi connectivity index (χ3v) is 5.61. The molecule has 6 heteroatoms. The number of fused-ring (bicyclic) bond motifs is 1. The largest absolute Gasteiger partial charge is 0.398 e. The van der Waals surface area contributed by atoms with E-state index in [2.05, 4.69) is 0 Å². The maximum atomic E-state index is 13.2. The van der Waals surface area contributed by atoms with Gasteiger partial charge in [-0.3, -0.25) is 9.59 Å². The van der Waals surface area contributed by atoms with Gasteiger partial charge in [0, 0.05) is 37.4 Å². The van der Waals surface area contributed by atoms with Gasteiger partial charge in [0.05, 0.1) is 5.92 Å². The highest BCUT2D eigenvalue weighted by atomic mass is 35.5. The van der Waals surface area contributed by atoms with E-state index in [1.54, 1.807) is 4.90 Å². The average molecular weight is 400 g/mol. The first-order valence-corrected chi connectivity index (χ1v) is 9.55. The third-order valence-electron chi connectivity index (χ3n) is 5.61. The first kappa shape index (κ1) is 20.2. The van der Waals surface area contributed by atoms with Crippen molar-refractivity contribution in [2.24, 2.45) is 5.92 Å². The number of hydrogen-bond acceptors (Lipinski definition) is 3. The van der Waals surface area contributed by atoms with E-state index < -0.39 is 0 Å². The van der Waals surface area contributed by atoms with Crippen molar-refractivity contribution in [1.82, 2.24) is 4.90 Å². The maximum absolute atomic E-state index is 13.2. The Morgan fingerprint density at radius 3 is 2.68 bits per heavy atom. The molecule has 0 aromatic heterocycles. The Kier molecular flexibility index (Phi) is 5.94. The van der Waals surface area contributed by atoms with Gasteiger partial charge in [0.15, 0.2) is 0 Å². The quantitative estimate of drug-likeness (QED) is 0.805. The number of amides is 2. The number of aryl methyl sites for hydroxylation is 1. The Hall–Kier alpha value is -2.53. The van der Waals surface area contributed by atoms with Gasteiger partial charge < -0.3 is 15.5 Å². The molecule has 2 N–H and O–H groups in total. The van der Waals surface area contributed by atoms with Crippen LogP contribution in [0.15, 0.2) is 42.5 Å². The van der Waals surface area contributed by atoms with Gasteiger partial charge >= 0.3 is 0 Å². The highest BCUT2D eigenvalue weighted by molar-refractivity contribution is 6.00. The molecular weight excluding hydrogens is 374 g/mol. The molecule has 5 nitrogen and oxygen atoms in total. The fourth-order valence-corrected chi connectivity index (χ4v) is 4.11. The van der Waals surface area contributed by atoms with Crippen molar-refractivity contribution in [2.45, 2.75) is 32.7 Å². The van der Waals surface area contributed by atoms with Crippen molar-refractivity contribution >= 4 is 35.6 Å². The molecule has 2 aliphatic rings. The molecule has 1 atom stereocenters. The number of nitrogen functional groups attached to an aromatic ring is 1. The zero-order chi connectivity index (χ0) is 19.0. The van der Waals surface area contributed by atoms with E-state index in [9.17, 15) is 9.59 Å². The molecular formula is C22H26ClN3O2. The number of halogens is 1. The van der Waals surface area contributed by atoms with E-state index in [-0.39, 0.29) is 30.1 Å². The molecule has 2 heterocycles. The molecule has 0 aliphatic carbocycles. The normalized spacial score (nSPS) is 18.6. The number of hydrogen-bond donors (Lipinski definition) is 1. The summed E-state index contributed by atoms with van der Waals surface area (Å²) in [5.74, 6) is -0.185. The highest BCUT2D eigenvalue weighted by Crippen LogP contribution is 2.33. The second kappa shape index (κ2) is 8.23. The van der Waals surface area contributed by atoms with Crippen molar-refractivity contribution in [2.75, 3.05) is 23.7 Å². The summed E-state index contributed by atoms with van der Waals surface area (Å²) in [5.41, 5.74) is 11.1. The molecule has 0 spiro atoms. The summed E-state index contributed by atoms with van der Waals surface area (Å²) >= 11 is 0. The fourth-order valence-electron chi connectivity index (χ4n) is 4.11. The second-order valence-electron chi connectivity index (χ2n) is 7.60. The van der Waals surface area contributed by atoms with Gasteiger partial charge in [-0.2, -0.15) is 0 Å². The molecule has 2 aromatic carbocycles. The topological polar surface area (TPSA) is 66.6 Å². The summed E-state index contributed by atoms with van der Waals surface area (Å²) in [6.45, 7) is 3.78. The van der Waals surface area contributed by atoms with Gasteiger partial charge in [-0.15, -0.1) is 12.4 Å². The van der Waals surface area contributed by atoms with Crippen LogP contribution in [0.25, 0.3) is 0 Å². The Balaban J connectivity index is 0.00000225. The van der Waals surface area contributed by atoms with Crippen LogP contribution >= 0.6 is 12.4 Å². The molecule has 2 aliphatic heterocycles. The average Bonchev–Trinajstić information content (AvgIpc) is 3.03. The predicted molar refractivity (Wildman–Crippen MR) is 113 cm³/mol. The Labute approximate surface area is 171 Å². The summed E-state index contributed by atoms with van der Waals surface area (Å²) in [7, 11) is 0. The second-order valence-corrected chi connectivity index (χ2v) is 7.60. The first-order chi connectivity index (χ1) is 13.0. The van der Waals surface area contributed by atoms with Crippen LogP contribution in [-0.4, -0.2) is 29.8 Å². The van der Waals surface area contributed by atoms with E-state index in [0.29, 0.717) is 26.1 Å². The molecule has 148 valence electrons. The Bertz CT molecular complexity index is 882. The molecule has 4 rings (SSSR count). The number of benzene rings is 2. The van der Waals surface area contributed by atoms with Crippen molar-refractivity contribution in [3.63, 3.8) is 0 Å². The van der Waals surface area contributed by atoms with Crippen LogP contribution in [0.2, 0.25) is 0 Å². The molecule has 2 amide bonds. The van der Waals surface area contributed by atoms with Crippen molar-refractivity contribution < 1.29 is 9.59 Å². The van der Waals surface area contributed by atoms with Gasteiger partial charge in [-0.1, -0.05) is 35.9 Å². The zero-order valence-corrected chi connectivity index (χ0v) is 16.9. The molecule has 0 bridgehead atoms. The maximum Gasteiger partial charge on any atom is 0.232 e. The minimum Gasteiger partial charge on any atom is -0.398 e. The van der Waals surface area contributed by atoms with E-state index in [1.165, 1.54) is 5.56 Å². The molecule has 28 heavy (non-hydrogen) atoms. The Morgan fingerprint density at radius 2 is 1.93 bits per heavy atom. The number of anilines is 2. The van der Waals surface area contributed by atoms with Gasteiger partial charge in [-0.05, 0) is 43.0 Å². The summed E-state index contributed by atoms with van der Waals surface area (Å²) in [6.07, 6.45) is 2.09. The van der Waals surface area contributed by atoms with Gasteiger partial charge in [0.2, 0.25) is 11.8 Å². The van der Waals surface area contributed by atoms with Crippen molar-refractivity contribution in [3.05, 3.63) is 59.2 Å². The standard InChI is InChI=1S/C22H25N3O2.ClH/c1-15-7-9-16(10-8-15)13-24-14-17(12-21(24)26)22(27)25-11-3-4-18-19(23)5-2-6-20(18)25;/h2,5-10,17H,3-4,11-14,23H2,1H3;1H. The van der Waals surface area contributed by atoms with E-state index in [1.807, 2.05) is 54.3 Å². The fraction of sp³-hybridized carbons (Fsp3) is 0.364. The van der Waals surface area contributed by atoms with Crippen LogP contribution in [0.1, 0.15) is 29.5 Å². The summed E-state index contributed by atoms with van der Waals surface area (Å²) in [4.78, 5) is 29.3. The zero-order valence-electron chi connectivity index (χ0n) is 16.1. The van der Waals surface area contributed by atoms with Gasteiger partial charge in [0.25, 0.3) is 0 Å². The number of rotatable bonds is 3. The number of likely N-dealkylation sites (tertiary alicyclic amines) is 1. The molecule has 0 radical (unpaired) electrons.